The molecule has 3 rings (SSSR count). The quantitative estimate of drug-likeness (QED) is 0.628. The van der Waals surface area contributed by atoms with Crippen LogP contribution < -0.4 is 9.62 Å². The highest BCUT2D eigenvalue weighted by atomic mass is 32.2. The Kier molecular flexibility index (Phi) is 4.86. The van der Waals surface area contributed by atoms with Crippen LogP contribution in [0.25, 0.3) is 11.4 Å². The summed E-state index contributed by atoms with van der Waals surface area (Å²) < 4.78 is 41.4. The second kappa shape index (κ2) is 7.09. The molecular weight excluding hydrogens is 363 g/mol. The van der Waals surface area contributed by atoms with Gasteiger partial charge in [-0.3, -0.25) is 0 Å². The lowest BCUT2D eigenvalue weighted by molar-refractivity contribution is 0.579. The summed E-state index contributed by atoms with van der Waals surface area (Å²) in [6.45, 7) is -0.0411. The first-order valence-corrected chi connectivity index (χ1v) is 8.87. The second-order valence-corrected chi connectivity index (χ2v) is 7.21. The van der Waals surface area contributed by atoms with E-state index in [0.29, 0.717) is 11.6 Å². The van der Waals surface area contributed by atoms with Crippen molar-refractivity contribution in [3.63, 3.8) is 0 Å². The van der Waals surface area contributed by atoms with Crippen molar-refractivity contribution in [2.75, 3.05) is 19.0 Å². The minimum atomic E-state index is -3.90. The number of benzene rings is 1. The number of hydrogen-bond donors (Lipinski definition) is 2. The van der Waals surface area contributed by atoms with Crippen LogP contribution in [0, 0.1) is 5.82 Å². The fourth-order valence-electron chi connectivity index (χ4n) is 2.07. The average molecular weight is 378 g/mol. The molecule has 0 unspecified atom stereocenters. The average Bonchev–Trinajstić information content (AvgIpc) is 3.15. The van der Waals surface area contributed by atoms with E-state index in [1.165, 1.54) is 6.20 Å². The Morgan fingerprint density at radius 2 is 2.08 bits per heavy atom. The van der Waals surface area contributed by atoms with E-state index in [1.54, 1.807) is 25.1 Å². The molecule has 0 saturated heterocycles. The predicted molar refractivity (Wildman–Crippen MR) is 90.0 cm³/mol. The van der Waals surface area contributed by atoms with Gasteiger partial charge < -0.3 is 4.90 Å². The zero-order valence-electron chi connectivity index (χ0n) is 13.9. The summed E-state index contributed by atoms with van der Waals surface area (Å²) in [4.78, 5) is 9.88. The SMILES string of the molecule is CN(C)c1nccc(CNS(=O)(=O)c2ccc(F)c(-c3nn[nH]n3)c2)n1. The largest absolute Gasteiger partial charge is 0.347 e. The van der Waals surface area contributed by atoms with E-state index in [9.17, 15) is 12.8 Å². The van der Waals surface area contributed by atoms with Crippen LogP contribution >= 0.6 is 0 Å². The molecule has 0 spiro atoms. The summed E-state index contributed by atoms with van der Waals surface area (Å²) in [5.41, 5.74) is 0.423. The number of aromatic amines is 1. The first-order valence-electron chi connectivity index (χ1n) is 7.39. The molecule has 0 atom stereocenters. The van der Waals surface area contributed by atoms with Gasteiger partial charge in [0, 0.05) is 20.3 Å². The van der Waals surface area contributed by atoms with Crippen LogP contribution in [0.3, 0.4) is 0 Å². The number of hydrogen-bond acceptors (Lipinski definition) is 8. The molecule has 26 heavy (non-hydrogen) atoms. The Hall–Kier alpha value is -2.99. The molecule has 0 amide bonds. The van der Waals surface area contributed by atoms with Crippen molar-refractivity contribution >= 4 is 16.0 Å². The van der Waals surface area contributed by atoms with Gasteiger partial charge in [-0.1, -0.05) is 0 Å². The van der Waals surface area contributed by atoms with Gasteiger partial charge in [0.25, 0.3) is 0 Å². The van der Waals surface area contributed by atoms with Gasteiger partial charge in [0.05, 0.1) is 22.7 Å². The lowest BCUT2D eigenvalue weighted by Crippen LogP contribution is -2.24. The summed E-state index contributed by atoms with van der Waals surface area (Å²) in [5.74, 6) is -0.231. The van der Waals surface area contributed by atoms with Crippen molar-refractivity contribution in [2.45, 2.75) is 11.4 Å². The highest BCUT2D eigenvalue weighted by Crippen LogP contribution is 2.22. The molecule has 136 valence electrons. The van der Waals surface area contributed by atoms with Gasteiger partial charge in [-0.15, -0.1) is 10.2 Å². The topological polar surface area (TPSA) is 130 Å². The second-order valence-electron chi connectivity index (χ2n) is 5.44. The van der Waals surface area contributed by atoms with E-state index in [0.717, 1.165) is 18.2 Å². The fraction of sp³-hybridized carbons (Fsp3) is 0.214. The minimum absolute atomic E-state index is 0.0361. The van der Waals surface area contributed by atoms with E-state index in [1.807, 2.05) is 0 Å². The molecule has 2 N–H and O–H groups in total. The summed E-state index contributed by atoms with van der Waals surface area (Å²) >= 11 is 0. The molecule has 10 nitrogen and oxygen atoms in total. The lowest BCUT2D eigenvalue weighted by atomic mass is 10.2. The van der Waals surface area contributed by atoms with Crippen LogP contribution in [-0.2, 0) is 16.6 Å². The number of halogens is 1. The first-order chi connectivity index (χ1) is 12.4. The highest BCUT2D eigenvalue weighted by molar-refractivity contribution is 7.89. The van der Waals surface area contributed by atoms with Crippen molar-refractivity contribution in [3.05, 3.63) is 42.0 Å². The van der Waals surface area contributed by atoms with Crippen LogP contribution in [0.2, 0.25) is 0 Å². The fourth-order valence-corrected chi connectivity index (χ4v) is 3.09. The van der Waals surface area contributed by atoms with Gasteiger partial charge in [0.2, 0.25) is 21.8 Å². The summed E-state index contributed by atoms with van der Waals surface area (Å²) in [6.07, 6.45) is 1.54. The molecule has 0 radical (unpaired) electrons. The number of aromatic nitrogens is 6. The van der Waals surface area contributed by atoms with Gasteiger partial charge in [-0.25, -0.2) is 27.5 Å². The predicted octanol–water partition coefficient (Wildman–Crippen LogP) is 0.340. The standard InChI is InChI=1S/C14H15FN8O2S/c1-23(2)14-16-6-5-9(18-14)8-17-26(24,25)10-3-4-12(15)11(7-10)13-19-21-22-20-13/h3-7,17H,8H2,1-2H3,(H,19,20,21,22). The summed E-state index contributed by atoms with van der Waals surface area (Å²) in [5, 5.41) is 12.9. The Morgan fingerprint density at radius 1 is 1.27 bits per heavy atom. The third-order valence-corrected chi connectivity index (χ3v) is 4.78. The molecule has 12 heteroatoms. The zero-order chi connectivity index (χ0) is 18.7. The Bertz CT molecular complexity index is 1010. The van der Waals surface area contributed by atoms with E-state index < -0.39 is 15.8 Å². The van der Waals surface area contributed by atoms with Gasteiger partial charge in [-0.05, 0) is 29.5 Å². The third kappa shape index (κ3) is 3.81. The lowest BCUT2D eigenvalue weighted by Gasteiger charge is -2.11. The number of nitrogens with zero attached hydrogens (tertiary/aromatic N) is 6. The number of tetrazole rings is 1. The van der Waals surface area contributed by atoms with Gasteiger partial charge in [0.15, 0.2) is 0 Å². The number of nitrogens with one attached hydrogen (secondary N) is 2. The monoisotopic (exact) mass is 378 g/mol. The Labute approximate surface area is 148 Å². The van der Waals surface area contributed by atoms with E-state index >= 15 is 0 Å². The van der Waals surface area contributed by atoms with Crippen LogP contribution in [0.4, 0.5) is 10.3 Å². The number of anilines is 1. The first kappa shape index (κ1) is 17.8. The highest BCUT2D eigenvalue weighted by Gasteiger charge is 2.19. The van der Waals surface area contributed by atoms with Crippen molar-refractivity contribution in [1.82, 2.24) is 35.3 Å². The van der Waals surface area contributed by atoms with Crippen LogP contribution in [-0.4, -0.2) is 53.1 Å². The molecular formula is C14H15FN8O2S. The van der Waals surface area contributed by atoms with Crippen molar-refractivity contribution in [3.8, 4) is 11.4 Å². The summed E-state index contributed by atoms with van der Waals surface area (Å²) in [7, 11) is -0.341. The molecule has 2 heterocycles. The molecule has 0 aliphatic carbocycles. The molecule has 2 aromatic heterocycles. The van der Waals surface area contributed by atoms with Crippen LogP contribution in [0.5, 0.6) is 0 Å². The zero-order valence-corrected chi connectivity index (χ0v) is 14.7. The number of sulfonamides is 1. The normalized spacial score (nSPS) is 11.5. The Morgan fingerprint density at radius 3 is 2.77 bits per heavy atom. The molecule has 1 aromatic carbocycles. The van der Waals surface area contributed by atoms with E-state index in [4.69, 9.17) is 0 Å². The maximum absolute atomic E-state index is 13.9. The smallest absolute Gasteiger partial charge is 0.240 e. The van der Waals surface area contributed by atoms with Crippen molar-refractivity contribution in [1.29, 1.82) is 0 Å². The summed E-state index contributed by atoms with van der Waals surface area (Å²) in [6, 6.07) is 4.94. The van der Waals surface area contributed by atoms with Gasteiger partial charge >= 0.3 is 0 Å². The van der Waals surface area contributed by atoms with Gasteiger partial charge in [-0.2, -0.15) is 5.21 Å². The van der Waals surface area contributed by atoms with Crippen molar-refractivity contribution < 1.29 is 12.8 Å². The molecule has 0 fully saturated rings. The maximum atomic E-state index is 13.9. The number of H-pyrrole nitrogens is 1. The number of rotatable bonds is 6. The van der Waals surface area contributed by atoms with Crippen LogP contribution in [0.15, 0.2) is 35.4 Å². The van der Waals surface area contributed by atoms with Crippen molar-refractivity contribution in [2.24, 2.45) is 0 Å². The molecule has 0 saturated carbocycles. The molecule has 3 aromatic rings. The Balaban J connectivity index is 1.83. The van der Waals surface area contributed by atoms with Gasteiger partial charge in [0.1, 0.15) is 5.82 Å². The molecule has 0 aliphatic rings. The third-order valence-electron chi connectivity index (χ3n) is 3.38. The minimum Gasteiger partial charge on any atom is -0.347 e. The van der Waals surface area contributed by atoms with E-state index in [2.05, 4.69) is 35.3 Å². The molecule has 0 bridgehead atoms. The maximum Gasteiger partial charge on any atom is 0.240 e. The van der Waals surface area contributed by atoms with E-state index in [-0.39, 0.29) is 22.8 Å². The molecule has 0 aliphatic heterocycles. The van der Waals surface area contributed by atoms with Crippen LogP contribution in [0.1, 0.15) is 5.69 Å².